The second-order valence-electron chi connectivity index (χ2n) is 8.18. The molecule has 0 aliphatic carbocycles. The third-order valence-electron chi connectivity index (χ3n) is 6.02. The van der Waals surface area contributed by atoms with Crippen LogP contribution in [-0.2, 0) is 16.1 Å². The van der Waals surface area contributed by atoms with Crippen molar-refractivity contribution in [3.05, 3.63) is 65.9 Å². The standard InChI is InChI=1S/C25H31N3O5/c29-13-15-32-14-12-27-8-10-28(11-9-27)24(25(30)31)22-17-26-23-16-20(6-7-21(22)23)33-18-19-4-2-1-3-5-19/h1-7,16-17,24,26,29H,8-15,18H2,(H,30,31). The molecule has 0 radical (unpaired) electrons. The molecule has 33 heavy (non-hydrogen) atoms. The van der Waals surface area contributed by atoms with E-state index in [1.54, 1.807) is 6.20 Å². The molecule has 0 saturated carbocycles. The van der Waals surface area contributed by atoms with Crippen molar-refractivity contribution in [2.24, 2.45) is 0 Å². The number of carboxylic acid groups (broad SMARTS) is 1. The van der Waals surface area contributed by atoms with Crippen LogP contribution in [0.15, 0.2) is 54.7 Å². The van der Waals surface area contributed by atoms with Gasteiger partial charge in [-0.25, -0.2) is 0 Å². The first kappa shape index (κ1) is 23.3. The molecule has 1 fully saturated rings. The van der Waals surface area contributed by atoms with Crippen LogP contribution in [0.4, 0.5) is 0 Å². The highest BCUT2D eigenvalue weighted by Crippen LogP contribution is 2.31. The molecule has 1 aliphatic heterocycles. The van der Waals surface area contributed by atoms with Crippen molar-refractivity contribution >= 4 is 16.9 Å². The van der Waals surface area contributed by atoms with Gasteiger partial charge in [-0.2, -0.15) is 0 Å². The molecule has 0 bridgehead atoms. The molecule has 1 unspecified atom stereocenters. The lowest BCUT2D eigenvalue weighted by molar-refractivity contribution is -0.144. The van der Waals surface area contributed by atoms with E-state index >= 15 is 0 Å². The summed E-state index contributed by atoms with van der Waals surface area (Å²) in [4.78, 5) is 19.8. The molecule has 1 aromatic heterocycles. The highest BCUT2D eigenvalue weighted by atomic mass is 16.5. The summed E-state index contributed by atoms with van der Waals surface area (Å²) in [5.41, 5.74) is 2.73. The number of rotatable bonds is 11. The first-order chi connectivity index (χ1) is 16.2. The Balaban J connectivity index is 1.41. The van der Waals surface area contributed by atoms with Gasteiger partial charge in [0, 0.05) is 61.5 Å². The van der Waals surface area contributed by atoms with Gasteiger partial charge in [0.1, 0.15) is 18.4 Å². The highest BCUT2D eigenvalue weighted by Gasteiger charge is 2.32. The molecular weight excluding hydrogens is 422 g/mol. The Kier molecular flexibility index (Phi) is 7.96. The smallest absolute Gasteiger partial charge is 0.325 e. The maximum absolute atomic E-state index is 12.3. The zero-order valence-electron chi connectivity index (χ0n) is 18.7. The average Bonchev–Trinajstić information content (AvgIpc) is 3.25. The van der Waals surface area contributed by atoms with Crippen LogP contribution >= 0.6 is 0 Å². The van der Waals surface area contributed by atoms with Crippen LogP contribution in [0, 0.1) is 0 Å². The lowest BCUT2D eigenvalue weighted by atomic mass is 10.0. The summed E-state index contributed by atoms with van der Waals surface area (Å²) >= 11 is 0. The third-order valence-corrected chi connectivity index (χ3v) is 6.02. The maximum Gasteiger partial charge on any atom is 0.325 e. The van der Waals surface area contributed by atoms with Crippen molar-refractivity contribution in [3.63, 3.8) is 0 Å². The molecule has 2 aromatic carbocycles. The molecular formula is C25H31N3O5. The Morgan fingerprint density at radius 2 is 1.85 bits per heavy atom. The lowest BCUT2D eigenvalue weighted by Crippen LogP contribution is -2.49. The second kappa shape index (κ2) is 11.3. The van der Waals surface area contributed by atoms with E-state index in [9.17, 15) is 9.90 Å². The number of nitrogens with one attached hydrogen (secondary N) is 1. The summed E-state index contributed by atoms with van der Waals surface area (Å²) in [7, 11) is 0. The second-order valence-corrected chi connectivity index (χ2v) is 8.18. The van der Waals surface area contributed by atoms with Crippen molar-refractivity contribution < 1.29 is 24.5 Å². The summed E-state index contributed by atoms with van der Waals surface area (Å²) in [5, 5.41) is 19.7. The summed E-state index contributed by atoms with van der Waals surface area (Å²) in [5.74, 6) is -0.108. The number of H-pyrrole nitrogens is 1. The topological polar surface area (TPSA) is 98.3 Å². The summed E-state index contributed by atoms with van der Waals surface area (Å²) < 4.78 is 11.3. The van der Waals surface area contributed by atoms with E-state index in [-0.39, 0.29) is 6.61 Å². The number of hydrogen-bond acceptors (Lipinski definition) is 6. The van der Waals surface area contributed by atoms with E-state index in [0.29, 0.717) is 32.9 Å². The first-order valence-electron chi connectivity index (χ1n) is 11.3. The molecule has 0 amide bonds. The number of benzene rings is 2. The minimum atomic E-state index is -0.847. The highest BCUT2D eigenvalue weighted by molar-refractivity contribution is 5.90. The van der Waals surface area contributed by atoms with E-state index in [1.165, 1.54) is 0 Å². The van der Waals surface area contributed by atoms with Gasteiger partial charge in [-0.05, 0) is 17.7 Å². The Morgan fingerprint density at radius 1 is 1.06 bits per heavy atom. The van der Waals surface area contributed by atoms with Crippen LogP contribution in [0.25, 0.3) is 10.9 Å². The van der Waals surface area contributed by atoms with Gasteiger partial charge in [0.2, 0.25) is 0 Å². The Labute approximate surface area is 193 Å². The fourth-order valence-corrected chi connectivity index (χ4v) is 4.28. The van der Waals surface area contributed by atoms with E-state index in [2.05, 4.69) is 9.88 Å². The molecule has 8 nitrogen and oxygen atoms in total. The lowest BCUT2D eigenvalue weighted by Gasteiger charge is -2.37. The average molecular weight is 454 g/mol. The van der Waals surface area contributed by atoms with Gasteiger partial charge in [-0.15, -0.1) is 0 Å². The molecule has 1 aliphatic rings. The molecule has 2 heterocycles. The van der Waals surface area contributed by atoms with E-state index in [1.807, 2.05) is 53.4 Å². The number of carbonyl (C=O) groups is 1. The monoisotopic (exact) mass is 453 g/mol. The van der Waals surface area contributed by atoms with Crippen molar-refractivity contribution in [1.29, 1.82) is 0 Å². The first-order valence-corrected chi connectivity index (χ1v) is 11.3. The third kappa shape index (κ3) is 5.91. The molecule has 0 spiro atoms. The van der Waals surface area contributed by atoms with Gasteiger partial charge in [0.15, 0.2) is 0 Å². The van der Waals surface area contributed by atoms with Crippen molar-refractivity contribution in [3.8, 4) is 5.75 Å². The van der Waals surface area contributed by atoms with Gasteiger partial charge in [0.25, 0.3) is 0 Å². The molecule has 4 rings (SSSR count). The fraction of sp³-hybridized carbons (Fsp3) is 0.400. The summed E-state index contributed by atoms with van der Waals surface area (Å²) in [6, 6.07) is 15.0. The molecule has 3 aromatic rings. The number of aromatic nitrogens is 1. The molecule has 8 heteroatoms. The number of aliphatic carboxylic acids is 1. The normalized spacial score (nSPS) is 16.2. The zero-order valence-corrected chi connectivity index (χ0v) is 18.7. The number of hydrogen-bond donors (Lipinski definition) is 3. The summed E-state index contributed by atoms with van der Waals surface area (Å²) in [6.07, 6.45) is 1.81. The number of ether oxygens (including phenoxy) is 2. The van der Waals surface area contributed by atoms with Gasteiger partial charge in [-0.3, -0.25) is 14.6 Å². The Bertz CT molecular complexity index is 1030. The van der Waals surface area contributed by atoms with Crippen LogP contribution in [0.5, 0.6) is 5.75 Å². The van der Waals surface area contributed by atoms with Crippen LogP contribution in [-0.4, -0.2) is 83.5 Å². The number of piperazine rings is 1. The Hall–Kier alpha value is -2.91. The van der Waals surface area contributed by atoms with Crippen molar-refractivity contribution in [2.45, 2.75) is 12.6 Å². The fourth-order valence-electron chi connectivity index (χ4n) is 4.28. The zero-order chi connectivity index (χ0) is 23.0. The largest absolute Gasteiger partial charge is 0.489 e. The van der Waals surface area contributed by atoms with Crippen LogP contribution in [0.2, 0.25) is 0 Å². The van der Waals surface area contributed by atoms with Gasteiger partial charge in [-0.1, -0.05) is 30.3 Å². The quantitative estimate of drug-likeness (QED) is 0.384. The van der Waals surface area contributed by atoms with Crippen LogP contribution in [0.1, 0.15) is 17.2 Å². The van der Waals surface area contributed by atoms with Crippen molar-refractivity contribution in [1.82, 2.24) is 14.8 Å². The number of carboxylic acids is 1. The molecule has 1 saturated heterocycles. The predicted octanol–water partition coefficient (Wildman–Crippen LogP) is 2.50. The van der Waals surface area contributed by atoms with E-state index in [0.717, 1.165) is 47.4 Å². The molecule has 1 atom stereocenters. The summed E-state index contributed by atoms with van der Waals surface area (Å²) in [6.45, 7) is 5.11. The maximum atomic E-state index is 12.3. The number of aliphatic hydroxyl groups excluding tert-OH is 1. The minimum absolute atomic E-state index is 0.0271. The minimum Gasteiger partial charge on any atom is -0.489 e. The van der Waals surface area contributed by atoms with Gasteiger partial charge in [0.05, 0.1) is 19.8 Å². The Morgan fingerprint density at radius 3 is 2.58 bits per heavy atom. The number of fused-ring (bicyclic) bond motifs is 1. The molecule has 3 N–H and O–H groups in total. The predicted molar refractivity (Wildman–Crippen MR) is 125 cm³/mol. The number of aromatic amines is 1. The number of nitrogens with zero attached hydrogens (tertiary/aromatic N) is 2. The SMILES string of the molecule is O=C(O)C(c1c[nH]c2cc(OCc3ccccc3)ccc12)N1CCN(CCOCCO)CC1. The van der Waals surface area contributed by atoms with Gasteiger partial charge < -0.3 is 24.7 Å². The van der Waals surface area contributed by atoms with Gasteiger partial charge >= 0.3 is 5.97 Å². The van der Waals surface area contributed by atoms with Crippen molar-refractivity contribution in [2.75, 3.05) is 52.5 Å². The van der Waals surface area contributed by atoms with E-state index in [4.69, 9.17) is 14.6 Å². The van der Waals surface area contributed by atoms with Crippen LogP contribution < -0.4 is 4.74 Å². The molecule has 176 valence electrons. The van der Waals surface area contributed by atoms with E-state index < -0.39 is 12.0 Å². The van der Waals surface area contributed by atoms with Crippen LogP contribution in [0.3, 0.4) is 0 Å². The number of aliphatic hydroxyl groups is 1.